The van der Waals surface area contributed by atoms with Gasteiger partial charge in [-0.2, -0.15) is 13.2 Å². The number of imidazole rings is 1. The van der Waals surface area contributed by atoms with Gasteiger partial charge in [-0.05, 0) is 24.3 Å². The number of nitrogens with zero attached hydrogens (tertiary/aromatic N) is 2. The Morgan fingerprint density at radius 3 is 2.39 bits per heavy atom. The van der Waals surface area contributed by atoms with Gasteiger partial charge in [0, 0.05) is 22.7 Å². The quantitative estimate of drug-likeness (QED) is 0.471. The van der Waals surface area contributed by atoms with Gasteiger partial charge in [0.25, 0.3) is 0 Å². The summed E-state index contributed by atoms with van der Waals surface area (Å²) < 4.78 is 50.8. The highest BCUT2D eigenvalue weighted by Crippen LogP contribution is 2.37. The number of pyridine rings is 1. The fourth-order valence-electron chi connectivity index (χ4n) is 2.88. The van der Waals surface area contributed by atoms with Gasteiger partial charge in [-0.3, -0.25) is 9.20 Å². The van der Waals surface area contributed by atoms with E-state index in [1.54, 1.807) is 18.3 Å². The topological polar surface area (TPSA) is 52.8 Å². The molecule has 28 heavy (non-hydrogen) atoms. The third kappa shape index (κ3) is 4.14. The summed E-state index contributed by atoms with van der Waals surface area (Å²) in [5, 5.41) is 0. The third-order valence-corrected chi connectivity index (χ3v) is 4.68. The van der Waals surface area contributed by atoms with Crippen LogP contribution in [0.3, 0.4) is 0 Å². The van der Waals surface area contributed by atoms with E-state index in [-0.39, 0.29) is 17.1 Å². The molecule has 1 aromatic carbocycles. The normalized spacial score (nSPS) is 11.6. The van der Waals surface area contributed by atoms with Crippen molar-refractivity contribution < 1.29 is 27.4 Å². The Morgan fingerprint density at radius 1 is 1.18 bits per heavy atom. The first-order valence-electron chi connectivity index (χ1n) is 8.22. The van der Waals surface area contributed by atoms with E-state index in [4.69, 9.17) is 9.47 Å². The number of carbonyl (C=O) groups is 1. The molecule has 9 heteroatoms. The minimum Gasteiger partial charge on any atom is -0.496 e. The van der Waals surface area contributed by atoms with E-state index in [0.29, 0.717) is 16.9 Å². The molecule has 0 amide bonds. The number of halogens is 4. The van der Waals surface area contributed by atoms with Gasteiger partial charge in [0.2, 0.25) is 0 Å². The summed E-state index contributed by atoms with van der Waals surface area (Å²) in [6.07, 6.45) is -2.83. The number of ketones is 1. The zero-order valence-corrected chi connectivity index (χ0v) is 16.6. The van der Waals surface area contributed by atoms with Crippen LogP contribution in [-0.2, 0) is 0 Å². The molecule has 0 aliphatic carbocycles. The second-order valence-corrected chi connectivity index (χ2v) is 6.93. The number of aromatic nitrogens is 2. The van der Waals surface area contributed by atoms with Crippen molar-refractivity contribution in [1.82, 2.24) is 9.38 Å². The van der Waals surface area contributed by atoms with Crippen LogP contribution >= 0.6 is 15.9 Å². The van der Waals surface area contributed by atoms with Crippen LogP contribution in [-0.4, -0.2) is 35.6 Å². The summed E-state index contributed by atoms with van der Waals surface area (Å²) in [4.78, 5) is 16.8. The average molecular weight is 457 g/mol. The molecule has 2 heterocycles. The maximum atomic E-state index is 12.5. The molecule has 0 N–H and O–H groups in total. The average Bonchev–Trinajstić information content (AvgIpc) is 3.07. The van der Waals surface area contributed by atoms with Crippen molar-refractivity contribution in [2.45, 2.75) is 19.0 Å². The second-order valence-electron chi connectivity index (χ2n) is 6.01. The van der Waals surface area contributed by atoms with Crippen molar-refractivity contribution in [1.29, 1.82) is 0 Å². The van der Waals surface area contributed by atoms with Gasteiger partial charge < -0.3 is 9.47 Å². The van der Waals surface area contributed by atoms with Crippen molar-refractivity contribution in [3.05, 3.63) is 46.7 Å². The summed E-state index contributed by atoms with van der Waals surface area (Å²) in [5.41, 5.74) is 2.06. The highest BCUT2D eigenvalue weighted by molar-refractivity contribution is 9.10. The smallest absolute Gasteiger partial charge is 0.389 e. The molecule has 2 aromatic heterocycles. The lowest BCUT2D eigenvalue weighted by atomic mass is 10.0. The molecule has 0 saturated carbocycles. The molecule has 0 saturated heterocycles. The standard InChI is InChI=1S/C19H16BrF3N2O3/c1-27-15-7-11(13-10-24-17-9-12(20)4-6-25(13)17)8-16(28-2)18(15)14(26)3-5-19(21,22)23/h4,6-10H,3,5H2,1-2H3. The van der Waals surface area contributed by atoms with Crippen LogP contribution in [0.5, 0.6) is 11.5 Å². The zero-order valence-electron chi connectivity index (χ0n) is 15.0. The Kier molecular flexibility index (Phi) is 5.64. The molecule has 0 bridgehead atoms. The number of Topliss-reactive ketones (excluding diaryl/α,β-unsaturated/α-hetero) is 1. The molecule has 0 radical (unpaired) electrons. The van der Waals surface area contributed by atoms with Crippen LogP contribution in [0.2, 0.25) is 0 Å². The lowest BCUT2D eigenvalue weighted by molar-refractivity contribution is -0.133. The molecule has 3 rings (SSSR count). The molecule has 5 nitrogen and oxygen atoms in total. The molecule has 0 spiro atoms. The predicted octanol–water partition coefficient (Wildman–Crippen LogP) is 5.31. The van der Waals surface area contributed by atoms with Gasteiger partial charge in [0.15, 0.2) is 5.78 Å². The number of rotatable bonds is 6. The first-order valence-corrected chi connectivity index (χ1v) is 9.01. The lowest BCUT2D eigenvalue weighted by Gasteiger charge is -2.15. The van der Waals surface area contributed by atoms with Crippen LogP contribution in [0, 0.1) is 0 Å². The molecular weight excluding hydrogens is 441 g/mol. The van der Waals surface area contributed by atoms with Gasteiger partial charge in [0.05, 0.1) is 32.5 Å². The minimum atomic E-state index is -4.42. The molecular formula is C19H16BrF3N2O3. The molecule has 0 atom stereocenters. The van der Waals surface area contributed by atoms with E-state index in [1.165, 1.54) is 14.2 Å². The van der Waals surface area contributed by atoms with Crippen LogP contribution in [0.1, 0.15) is 23.2 Å². The number of hydrogen-bond acceptors (Lipinski definition) is 4. The highest BCUT2D eigenvalue weighted by atomic mass is 79.9. The van der Waals surface area contributed by atoms with Crippen LogP contribution in [0.15, 0.2) is 41.1 Å². The van der Waals surface area contributed by atoms with E-state index < -0.39 is 24.8 Å². The zero-order chi connectivity index (χ0) is 20.5. The van der Waals surface area contributed by atoms with Crippen molar-refractivity contribution in [2.75, 3.05) is 14.2 Å². The summed E-state index contributed by atoms with van der Waals surface area (Å²) in [7, 11) is 2.70. The van der Waals surface area contributed by atoms with Gasteiger partial charge in [0.1, 0.15) is 22.7 Å². The first-order chi connectivity index (χ1) is 13.2. The number of fused-ring (bicyclic) bond motifs is 1. The van der Waals surface area contributed by atoms with E-state index in [2.05, 4.69) is 20.9 Å². The SMILES string of the molecule is COc1cc(-c2cnc3cc(Br)ccn23)cc(OC)c1C(=O)CCC(F)(F)F. The fraction of sp³-hybridized carbons (Fsp3) is 0.263. The number of hydrogen-bond donors (Lipinski definition) is 0. The maximum Gasteiger partial charge on any atom is 0.389 e. The van der Waals surface area contributed by atoms with Gasteiger partial charge in [-0.15, -0.1) is 0 Å². The number of carbonyl (C=O) groups excluding carboxylic acids is 1. The number of ether oxygens (including phenoxy) is 2. The summed E-state index contributed by atoms with van der Waals surface area (Å²) in [5.74, 6) is -0.401. The van der Waals surface area contributed by atoms with Crippen molar-refractivity contribution in [3.63, 3.8) is 0 Å². The summed E-state index contributed by atoms with van der Waals surface area (Å²) in [6, 6.07) is 6.87. The minimum absolute atomic E-state index is 0.00503. The van der Waals surface area contributed by atoms with E-state index in [9.17, 15) is 18.0 Å². The Balaban J connectivity index is 2.06. The first kappa shape index (κ1) is 20.2. The number of methoxy groups -OCH3 is 2. The van der Waals surface area contributed by atoms with Gasteiger partial charge in [-0.25, -0.2) is 4.98 Å². The Hall–Kier alpha value is -2.55. The molecule has 0 fully saturated rings. The van der Waals surface area contributed by atoms with Crippen molar-refractivity contribution in [2.24, 2.45) is 0 Å². The highest BCUT2D eigenvalue weighted by Gasteiger charge is 2.30. The Bertz CT molecular complexity index is 1010. The third-order valence-electron chi connectivity index (χ3n) is 4.19. The monoisotopic (exact) mass is 456 g/mol. The Morgan fingerprint density at radius 2 is 1.82 bits per heavy atom. The van der Waals surface area contributed by atoms with E-state index >= 15 is 0 Å². The van der Waals surface area contributed by atoms with Gasteiger partial charge >= 0.3 is 6.18 Å². The number of alkyl halides is 3. The Labute approximate surface area is 167 Å². The predicted molar refractivity (Wildman–Crippen MR) is 101 cm³/mol. The van der Waals surface area contributed by atoms with Crippen LogP contribution < -0.4 is 9.47 Å². The van der Waals surface area contributed by atoms with Crippen LogP contribution in [0.25, 0.3) is 16.9 Å². The summed E-state index contributed by atoms with van der Waals surface area (Å²) in [6.45, 7) is 0. The second kappa shape index (κ2) is 7.83. The van der Waals surface area contributed by atoms with E-state index in [1.807, 2.05) is 22.7 Å². The summed E-state index contributed by atoms with van der Waals surface area (Å²) >= 11 is 3.39. The van der Waals surface area contributed by atoms with Gasteiger partial charge in [-0.1, -0.05) is 15.9 Å². The number of benzene rings is 1. The largest absolute Gasteiger partial charge is 0.496 e. The fourth-order valence-corrected chi connectivity index (χ4v) is 3.21. The van der Waals surface area contributed by atoms with Crippen molar-refractivity contribution in [3.8, 4) is 22.8 Å². The van der Waals surface area contributed by atoms with Crippen molar-refractivity contribution >= 4 is 27.4 Å². The van der Waals surface area contributed by atoms with Crippen LogP contribution in [0.4, 0.5) is 13.2 Å². The van der Waals surface area contributed by atoms with E-state index in [0.717, 1.165) is 4.47 Å². The lowest BCUT2D eigenvalue weighted by Crippen LogP contribution is -2.12. The molecule has 0 unspecified atom stereocenters. The molecule has 3 aromatic rings. The maximum absolute atomic E-state index is 12.5. The molecule has 0 aliphatic rings. The molecule has 0 aliphatic heterocycles. The molecule has 148 valence electrons.